The minimum Gasteiger partial charge on any atom is -0.508 e. The third-order valence-corrected chi connectivity index (χ3v) is 5.63. The fourth-order valence-electron chi connectivity index (χ4n) is 3.31. The number of H-pyrrole nitrogens is 1. The fraction of sp³-hybridized carbons (Fsp3) is 0.333. The van der Waals surface area contributed by atoms with Gasteiger partial charge < -0.3 is 10.1 Å². The van der Waals surface area contributed by atoms with Crippen LogP contribution in [0.15, 0.2) is 29.1 Å². The minimum absolute atomic E-state index is 0.0635. The number of hydrogen-bond acceptors (Lipinski definition) is 4. The van der Waals surface area contributed by atoms with E-state index in [0.717, 1.165) is 35.0 Å². The van der Waals surface area contributed by atoms with E-state index in [1.807, 2.05) is 6.07 Å². The normalized spacial score (nSPS) is 15.1. The highest BCUT2D eigenvalue weighted by Gasteiger charge is 2.18. The summed E-state index contributed by atoms with van der Waals surface area (Å²) in [5.41, 5.74) is 1.87. The number of aromatic nitrogens is 2. The molecular formula is C18H18N2O2S. The van der Waals surface area contributed by atoms with Crippen molar-refractivity contribution in [3.05, 3.63) is 45.1 Å². The molecule has 2 heterocycles. The summed E-state index contributed by atoms with van der Waals surface area (Å²) in [6, 6.07) is 6.82. The zero-order valence-corrected chi connectivity index (χ0v) is 13.6. The van der Waals surface area contributed by atoms with E-state index in [1.54, 1.807) is 29.5 Å². The highest BCUT2D eigenvalue weighted by atomic mass is 32.1. The van der Waals surface area contributed by atoms with Crippen LogP contribution >= 0.6 is 11.3 Å². The standard InChI is InChI=1S/C18H18N2O2S/c21-12-7-5-6-11(10-12)16-19-17(22)15-13-8-3-1-2-4-9-14(13)23-18(15)20-16/h5-7,10,21H,1-4,8-9H2,(H,19,20,22). The Balaban J connectivity index is 1.90. The fourth-order valence-corrected chi connectivity index (χ4v) is 4.57. The minimum atomic E-state index is -0.0635. The first kappa shape index (κ1) is 14.5. The van der Waals surface area contributed by atoms with Crippen molar-refractivity contribution in [3.63, 3.8) is 0 Å². The van der Waals surface area contributed by atoms with Crippen LogP contribution in [0.1, 0.15) is 36.1 Å². The molecule has 4 rings (SSSR count). The van der Waals surface area contributed by atoms with Crippen molar-refractivity contribution in [1.82, 2.24) is 9.97 Å². The van der Waals surface area contributed by atoms with Crippen LogP contribution in [0, 0.1) is 0 Å². The van der Waals surface area contributed by atoms with Gasteiger partial charge in [0, 0.05) is 10.4 Å². The Hall–Kier alpha value is -2.14. The Morgan fingerprint density at radius 3 is 2.78 bits per heavy atom. The second-order valence-electron chi connectivity index (χ2n) is 6.06. The lowest BCUT2D eigenvalue weighted by Crippen LogP contribution is -2.10. The van der Waals surface area contributed by atoms with Crippen LogP contribution in [-0.4, -0.2) is 15.1 Å². The lowest BCUT2D eigenvalue weighted by atomic mass is 9.98. The van der Waals surface area contributed by atoms with Crippen LogP contribution in [-0.2, 0) is 12.8 Å². The van der Waals surface area contributed by atoms with Gasteiger partial charge in [0.25, 0.3) is 5.56 Å². The molecule has 0 amide bonds. The number of aromatic amines is 1. The first-order valence-corrected chi connectivity index (χ1v) is 8.88. The zero-order chi connectivity index (χ0) is 15.8. The van der Waals surface area contributed by atoms with E-state index in [-0.39, 0.29) is 11.3 Å². The van der Waals surface area contributed by atoms with Gasteiger partial charge in [0.05, 0.1) is 5.39 Å². The average molecular weight is 326 g/mol. The highest BCUT2D eigenvalue weighted by Crippen LogP contribution is 2.33. The number of aryl methyl sites for hydroxylation is 2. The van der Waals surface area contributed by atoms with Gasteiger partial charge in [0.2, 0.25) is 0 Å². The predicted molar refractivity (Wildman–Crippen MR) is 93.2 cm³/mol. The number of rotatable bonds is 1. The van der Waals surface area contributed by atoms with E-state index in [9.17, 15) is 9.90 Å². The van der Waals surface area contributed by atoms with Crippen molar-refractivity contribution in [1.29, 1.82) is 0 Å². The second kappa shape index (κ2) is 5.81. The number of benzene rings is 1. The van der Waals surface area contributed by atoms with Crippen molar-refractivity contribution in [2.75, 3.05) is 0 Å². The molecule has 0 bridgehead atoms. The molecule has 5 heteroatoms. The first-order valence-electron chi connectivity index (χ1n) is 8.06. The topological polar surface area (TPSA) is 66.0 Å². The van der Waals surface area contributed by atoms with Gasteiger partial charge in [-0.3, -0.25) is 4.79 Å². The summed E-state index contributed by atoms with van der Waals surface area (Å²) in [7, 11) is 0. The molecule has 0 spiro atoms. The lowest BCUT2D eigenvalue weighted by molar-refractivity contribution is 0.475. The number of hydrogen-bond donors (Lipinski definition) is 2. The van der Waals surface area contributed by atoms with Crippen LogP contribution in [0.4, 0.5) is 0 Å². The molecule has 1 aromatic carbocycles. The highest BCUT2D eigenvalue weighted by molar-refractivity contribution is 7.18. The number of phenols is 1. The summed E-state index contributed by atoms with van der Waals surface area (Å²) in [5.74, 6) is 0.691. The smallest absolute Gasteiger partial charge is 0.260 e. The number of nitrogens with one attached hydrogen (secondary N) is 1. The lowest BCUT2D eigenvalue weighted by Gasteiger charge is -2.08. The maximum atomic E-state index is 12.6. The van der Waals surface area contributed by atoms with Crippen molar-refractivity contribution in [2.45, 2.75) is 38.5 Å². The van der Waals surface area contributed by atoms with Crippen LogP contribution in [0.25, 0.3) is 21.6 Å². The molecule has 0 radical (unpaired) electrons. The molecular weight excluding hydrogens is 308 g/mol. The van der Waals surface area contributed by atoms with Crippen molar-refractivity contribution in [2.24, 2.45) is 0 Å². The molecule has 1 aliphatic carbocycles. The van der Waals surface area contributed by atoms with Crippen LogP contribution < -0.4 is 5.56 Å². The van der Waals surface area contributed by atoms with Gasteiger partial charge in [-0.05, 0) is 43.4 Å². The maximum Gasteiger partial charge on any atom is 0.260 e. The van der Waals surface area contributed by atoms with Crippen molar-refractivity contribution >= 4 is 21.6 Å². The summed E-state index contributed by atoms with van der Waals surface area (Å²) in [5, 5.41) is 10.4. The van der Waals surface area contributed by atoms with E-state index in [4.69, 9.17) is 0 Å². The molecule has 118 valence electrons. The summed E-state index contributed by atoms with van der Waals surface area (Å²) >= 11 is 1.66. The molecule has 4 nitrogen and oxygen atoms in total. The number of thiophene rings is 1. The van der Waals surface area contributed by atoms with E-state index in [0.29, 0.717) is 5.82 Å². The van der Waals surface area contributed by atoms with Gasteiger partial charge in [0.1, 0.15) is 16.4 Å². The van der Waals surface area contributed by atoms with Crippen molar-refractivity contribution < 1.29 is 5.11 Å². The molecule has 0 saturated heterocycles. The molecule has 1 aliphatic rings. The van der Waals surface area contributed by atoms with Gasteiger partial charge in [-0.25, -0.2) is 4.98 Å². The Morgan fingerprint density at radius 1 is 1.13 bits per heavy atom. The number of phenolic OH excluding ortho intramolecular Hbond substituents is 1. The van der Waals surface area contributed by atoms with Gasteiger partial charge in [-0.2, -0.15) is 0 Å². The SMILES string of the molecule is O=c1[nH]c(-c2cccc(O)c2)nc2sc3c(c12)CCCCCC3. The van der Waals surface area contributed by atoms with Gasteiger partial charge >= 0.3 is 0 Å². The Bertz CT molecular complexity index is 926. The van der Waals surface area contributed by atoms with Gasteiger partial charge in [-0.15, -0.1) is 11.3 Å². The van der Waals surface area contributed by atoms with E-state index < -0.39 is 0 Å². The largest absolute Gasteiger partial charge is 0.508 e. The molecule has 0 aliphatic heterocycles. The average Bonchev–Trinajstić information content (AvgIpc) is 2.84. The molecule has 0 atom stereocenters. The monoisotopic (exact) mass is 326 g/mol. The van der Waals surface area contributed by atoms with Gasteiger partial charge in [-0.1, -0.05) is 25.0 Å². The number of nitrogens with zero attached hydrogens (tertiary/aromatic N) is 1. The van der Waals surface area contributed by atoms with Crippen LogP contribution in [0.5, 0.6) is 5.75 Å². The van der Waals surface area contributed by atoms with Gasteiger partial charge in [0.15, 0.2) is 0 Å². The Kier molecular flexibility index (Phi) is 3.65. The summed E-state index contributed by atoms with van der Waals surface area (Å²) < 4.78 is 0. The second-order valence-corrected chi connectivity index (χ2v) is 7.15. The first-order chi connectivity index (χ1) is 11.2. The summed E-state index contributed by atoms with van der Waals surface area (Å²) in [4.78, 5) is 22.3. The summed E-state index contributed by atoms with van der Waals surface area (Å²) in [6.07, 6.45) is 6.88. The molecule has 2 N–H and O–H groups in total. The predicted octanol–water partition coefficient (Wildman–Crippen LogP) is 4.02. The third-order valence-electron chi connectivity index (χ3n) is 4.44. The molecule has 3 aromatic rings. The van der Waals surface area contributed by atoms with Crippen molar-refractivity contribution in [3.8, 4) is 17.1 Å². The van der Waals surface area contributed by atoms with Crippen LogP contribution in [0.2, 0.25) is 0 Å². The number of fused-ring (bicyclic) bond motifs is 3. The number of aromatic hydroxyl groups is 1. The quantitative estimate of drug-likeness (QED) is 0.710. The van der Waals surface area contributed by atoms with E-state index in [1.165, 1.54) is 29.7 Å². The molecule has 2 aromatic heterocycles. The summed E-state index contributed by atoms with van der Waals surface area (Å²) in [6.45, 7) is 0. The maximum absolute atomic E-state index is 12.6. The molecule has 23 heavy (non-hydrogen) atoms. The molecule has 0 saturated carbocycles. The zero-order valence-electron chi connectivity index (χ0n) is 12.8. The van der Waals surface area contributed by atoms with Crippen LogP contribution in [0.3, 0.4) is 0 Å². The Morgan fingerprint density at radius 2 is 1.96 bits per heavy atom. The molecule has 0 fully saturated rings. The molecule has 0 unspecified atom stereocenters. The third kappa shape index (κ3) is 2.65. The van der Waals surface area contributed by atoms with E-state index >= 15 is 0 Å². The van der Waals surface area contributed by atoms with E-state index in [2.05, 4.69) is 9.97 Å². The Labute approximate surface area is 137 Å².